The molecule has 0 fully saturated rings. The molecular weight excluding hydrogens is 305 g/mol. The van der Waals surface area contributed by atoms with E-state index in [4.69, 9.17) is 27.9 Å². The lowest BCUT2D eigenvalue weighted by Gasteiger charge is -2.09. The first-order valence-corrected chi connectivity index (χ1v) is 7.81. The van der Waals surface area contributed by atoms with E-state index >= 15 is 0 Å². The largest absolute Gasteiger partial charge is 0.487 e. The number of halogens is 2. The van der Waals surface area contributed by atoms with Crippen LogP contribution in [0.3, 0.4) is 0 Å². The van der Waals surface area contributed by atoms with Crippen molar-refractivity contribution in [3.63, 3.8) is 0 Å². The third kappa shape index (κ3) is 5.24. The minimum atomic E-state index is 0.480. The summed E-state index contributed by atoms with van der Waals surface area (Å²) in [4.78, 5) is 0. The quantitative estimate of drug-likeness (QED) is 0.744. The van der Waals surface area contributed by atoms with Crippen LogP contribution in [-0.4, -0.2) is 13.1 Å². The fourth-order valence-corrected chi connectivity index (χ4v) is 2.29. The number of benzene rings is 2. The van der Waals surface area contributed by atoms with Gasteiger partial charge in [0, 0.05) is 11.1 Å². The lowest BCUT2D eigenvalue weighted by molar-refractivity contribution is 0.306. The monoisotopic (exact) mass is 323 g/mol. The summed E-state index contributed by atoms with van der Waals surface area (Å²) in [6.07, 6.45) is 1.04. The summed E-state index contributed by atoms with van der Waals surface area (Å²) in [5.41, 5.74) is 2.43. The molecule has 0 bridgehead atoms. The van der Waals surface area contributed by atoms with Crippen LogP contribution >= 0.6 is 23.2 Å². The number of hydrogen-bond donors (Lipinski definition) is 1. The van der Waals surface area contributed by atoms with Gasteiger partial charge in [0.2, 0.25) is 0 Å². The highest BCUT2D eigenvalue weighted by molar-refractivity contribution is 6.34. The van der Waals surface area contributed by atoms with Crippen molar-refractivity contribution in [2.45, 2.75) is 20.0 Å². The zero-order chi connectivity index (χ0) is 15.1. The molecule has 0 heterocycles. The molecular formula is C17H19Cl2NO. The minimum absolute atomic E-state index is 0.480. The maximum Gasteiger partial charge on any atom is 0.139 e. The highest BCUT2D eigenvalue weighted by atomic mass is 35.5. The lowest BCUT2D eigenvalue weighted by atomic mass is 10.1. The van der Waals surface area contributed by atoms with Gasteiger partial charge in [-0.15, -0.1) is 0 Å². The molecule has 0 unspecified atom stereocenters. The van der Waals surface area contributed by atoms with Gasteiger partial charge in [0.05, 0.1) is 5.02 Å². The molecule has 0 atom stereocenters. The average Bonchev–Trinajstić information content (AvgIpc) is 2.50. The van der Waals surface area contributed by atoms with E-state index in [2.05, 4.69) is 36.5 Å². The number of ether oxygens (including phenoxy) is 1. The Kier molecular flexibility index (Phi) is 6.37. The second kappa shape index (κ2) is 8.28. The van der Waals surface area contributed by atoms with Crippen molar-refractivity contribution in [3.8, 4) is 5.75 Å². The van der Waals surface area contributed by atoms with E-state index in [1.807, 2.05) is 0 Å². The van der Waals surface area contributed by atoms with Gasteiger partial charge < -0.3 is 10.1 Å². The Bertz CT molecular complexity index is 570. The predicted octanol–water partition coefficient (Wildman–Crippen LogP) is 4.72. The smallest absolute Gasteiger partial charge is 0.139 e. The minimum Gasteiger partial charge on any atom is -0.487 e. The first-order valence-electron chi connectivity index (χ1n) is 7.05. The van der Waals surface area contributed by atoms with Crippen molar-refractivity contribution >= 4 is 23.2 Å². The molecule has 0 saturated heterocycles. The van der Waals surface area contributed by atoms with E-state index in [0.717, 1.165) is 25.1 Å². The molecule has 4 heteroatoms. The van der Waals surface area contributed by atoms with Crippen LogP contribution in [0.1, 0.15) is 18.1 Å². The first kappa shape index (κ1) is 16.2. The molecule has 112 valence electrons. The Morgan fingerprint density at radius 1 is 1.00 bits per heavy atom. The molecule has 0 saturated carbocycles. The summed E-state index contributed by atoms with van der Waals surface area (Å²) < 4.78 is 5.71. The van der Waals surface area contributed by atoms with E-state index in [-0.39, 0.29) is 0 Å². The summed E-state index contributed by atoms with van der Waals surface area (Å²) in [5.74, 6) is 0.611. The number of hydrogen-bond acceptors (Lipinski definition) is 2. The molecule has 2 aromatic carbocycles. The van der Waals surface area contributed by atoms with Gasteiger partial charge in [0.15, 0.2) is 0 Å². The van der Waals surface area contributed by atoms with E-state index in [1.54, 1.807) is 18.2 Å². The second-order valence-electron chi connectivity index (χ2n) is 4.78. The van der Waals surface area contributed by atoms with Gasteiger partial charge >= 0.3 is 0 Å². The van der Waals surface area contributed by atoms with Gasteiger partial charge in [0.1, 0.15) is 12.4 Å². The van der Waals surface area contributed by atoms with Crippen LogP contribution < -0.4 is 10.1 Å². The number of likely N-dealkylation sites (N-methyl/N-ethyl adjacent to an activating group) is 1. The molecule has 2 rings (SSSR count). The maximum atomic E-state index is 6.07. The standard InChI is InChI=1S/C17H19Cl2NO/c1-2-20-10-9-13-3-5-14(6-4-13)12-21-17-11-15(18)7-8-16(17)19/h3-8,11,20H,2,9-10,12H2,1H3. The summed E-state index contributed by atoms with van der Waals surface area (Å²) in [6.45, 7) is 4.60. The Labute approximate surface area is 136 Å². The van der Waals surface area contributed by atoms with Crippen LogP contribution in [0, 0.1) is 0 Å². The van der Waals surface area contributed by atoms with Crippen molar-refractivity contribution in [1.82, 2.24) is 5.32 Å². The second-order valence-corrected chi connectivity index (χ2v) is 5.63. The number of nitrogens with one attached hydrogen (secondary N) is 1. The third-order valence-corrected chi connectivity index (χ3v) is 3.70. The fraction of sp³-hybridized carbons (Fsp3) is 0.294. The summed E-state index contributed by atoms with van der Waals surface area (Å²) >= 11 is 12.0. The Morgan fingerprint density at radius 3 is 2.43 bits per heavy atom. The zero-order valence-electron chi connectivity index (χ0n) is 12.0. The highest BCUT2D eigenvalue weighted by Gasteiger charge is 2.03. The molecule has 0 radical (unpaired) electrons. The van der Waals surface area contributed by atoms with Gasteiger partial charge in [-0.25, -0.2) is 0 Å². The molecule has 0 amide bonds. The highest BCUT2D eigenvalue weighted by Crippen LogP contribution is 2.28. The van der Waals surface area contributed by atoms with Crippen molar-refractivity contribution in [1.29, 1.82) is 0 Å². The van der Waals surface area contributed by atoms with Crippen molar-refractivity contribution in [3.05, 3.63) is 63.6 Å². The molecule has 0 spiro atoms. The SMILES string of the molecule is CCNCCc1ccc(COc2cc(Cl)ccc2Cl)cc1. The third-order valence-electron chi connectivity index (χ3n) is 3.15. The predicted molar refractivity (Wildman–Crippen MR) is 89.5 cm³/mol. The van der Waals surface area contributed by atoms with Gasteiger partial charge in [-0.05, 0) is 42.8 Å². The molecule has 0 aliphatic rings. The van der Waals surface area contributed by atoms with Gasteiger partial charge in [-0.3, -0.25) is 0 Å². The Morgan fingerprint density at radius 2 is 1.71 bits per heavy atom. The fourth-order valence-electron chi connectivity index (χ4n) is 1.96. The van der Waals surface area contributed by atoms with Crippen LogP contribution in [0.4, 0.5) is 0 Å². The van der Waals surface area contributed by atoms with E-state index in [0.29, 0.717) is 22.4 Å². The van der Waals surface area contributed by atoms with E-state index in [1.165, 1.54) is 5.56 Å². The van der Waals surface area contributed by atoms with Gasteiger partial charge in [-0.2, -0.15) is 0 Å². The summed E-state index contributed by atoms with van der Waals surface area (Å²) in [7, 11) is 0. The first-order chi connectivity index (χ1) is 10.2. The van der Waals surface area contributed by atoms with E-state index < -0.39 is 0 Å². The molecule has 0 aliphatic heterocycles. The summed E-state index contributed by atoms with van der Waals surface area (Å²) in [6, 6.07) is 13.7. The van der Waals surface area contributed by atoms with Crippen LogP contribution in [0.2, 0.25) is 10.0 Å². The van der Waals surface area contributed by atoms with Crippen LogP contribution in [0.25, 0.3) is 0 Å². The summed E-state index contributed by atoms with van der Waals surface area (Å²) in [5, 5.41) is 4.51. The topological polar surface area (TPSA) is 21.3 Å². The van der Waals surface area contributed by atoms with Crippen molar-refractivity contribution in [2.75, 3.05) is 13.1 Å². The normalized spacial score (nSPS) is 10.6. The maximum absolute atomic E-state index is 6.07. The Balaban J connectivity index is 1.90. The van der Waals surface area contributed by atoms with Gasteiger partial charge in [0.25, 0.3) is 0 Å². The average molecular weight is 324 g/mol. The van der Waals surface area contributed by atoms with Crippen molar-refractivity contribution in [2.24, 2.45) is 0 Å². The molecule has 2 aromatic rings. The molecule has 0 aromatic heterocycles. The molecule has 21 heavy (non-hydrogen) atoms. The van der Waals surface area contributed by atoms with E-state index in [9.17, 15) is 0 Å². The van der Waals surface area contributed by atoms with Crippen LogP contribution in [-0.2, 0) is 13.0 Å². The molecule has 2 nitrogen and oxygen atoms in total. The number of rotatable bonds is 7. The van der Waals surface area contributed by atoms with Crippen LogP contribution in [0.15, 0.2) is 42.5 Å². The lowest BCUT2D eigenvalue weighted by Crippen LogP contribution is -2.15. The van der Waals surface area contributed by atoms with Crippen molar-refractivity contribution < 1.29 is 4.74 Å². The molecule has 0 aliphatic carbocycles. The Hall–Kier alpha value is -1.22. The van der Waals surface area contributed by atoms with Gasteiger partial charge in [-0.1, -0.05) is 54.4 Å². The molecule has 1 N–H and O–H groups in total. The van der Waals surface area contributed by atoms with Crippen LogP contribution in [0.5, 0.6) is 5.75 Å². The zero-order valence-corrected chi connectivity index (χ0v) is 13.5.